The summed E-state index contributed by atoms with van der Waals surface area (Å²) in [6, 6.07) is 0. The van der Waals surface area contributed by atoms with Gasteiger partial charge in [0.05, 0.1) is 5.92 Å². The van der Waals surface area contributed by atoms with E-state index in [1.165, 1.54) is 0 Å². The fourth-order valence-electron chi connectivity index (χ4n) is 1.58. The summed E-state index contributed by atoms with van der Waals surface area (Å²) in [5.74, 6) is -1.16. The standard InChI is InChI=1S/C7H12O3/c1-7(2)4(3-8)5(7)6(9)10/h4-5,8H,3H2,1-2H3,(H,9,10)/t4-,5-/m0/s1. The third-order valence-electron chi connectivity index (χ3n) is 2.51. The van der Waals surface area contributed by atoms with Crippen molar-refractivity contribution in [3.8, 4) is 0 Å². The molecular weight excluding hydrogens is 132 g/mol. The summed E-state index contributed by atoms with van der Waals surface area (Å²) >= 11 is 0. The van der Waals surface area contributed by atoms with Crippen LogP contribution in [0.1, 0.15) is 13.8 Å². The molecule has 2 N–H and O–H groups in total. The lowest BCUT2D eigenvalue weighted by molar-refractivity contribution is -0.139. The molecule has 0 unspecified atom stereocenters. The molecule has 1 fully saturated rings. The first-order valence-corrected chi connectivity index (χ1v) is 3.35. The highest BCUT2D eigenvalue weighted by molar-refractivity contribution is 5.75. The lowest BCUT2D eigenvalue weighted by Gasteiger charge is -1.96. The van der Waals surface area contributed by atoms with Crippen molar-refractivity contribution in [3.63, 3.8) is 0 Å². The van der Waals surface area contributed by atoms with Crippen molar-refractivity contribution in [1.29, 1.82) is 0 Å². The largest absolute Gasteiger partial charge is 0.481 e. The van der Waals surface area contributed by atoms with Gasteiger partial charge in [-0.1, -0.05) is 13.8 Å². The van der Waals surface area contributed by atoms with Crippen molar-refractivity contribution in [3.05, 3.63) is 0 Å². The molecule has 0 bridgehead atoms. The lowest BCUT2D eigenvalue weighted by atomic mass is 10.1. The molecule has 0 aromatic carbocycles. The van der Waals surface area contributed by atoms with E-state index in [2.05, 4.69) is 0 Å². The molecular formula is C7H12O3. The summed E-state index contributed by atoms with van der Waals surface area (Å²) in [7, 11) is 0. The van der Waals surface area contributed by atoms with Gasteiger partial charge in [0, 0.05) is 12.5 Å². The predicted octanol–water partition coefficient (Wildman–Crippen LogP) is 0.335. The summed E-state index contributed by atoms with van der Waals surface area (Å²) in [6.07, 6.45) is 0. The first kappa shape index (κ1) is 7.54. The highest BCUT2D eigenvalue weighted by Gasteiger charge is 2.61. The molecule has 1 aliphatic rings. The number of carboxylic acid groups (broad SMARTS) is 1. The molecule has 1 saturated carbocycles. The van der Waals surface area contributed by atoms with E-state index in [1.54, 1.807) is 0 Å². The van der Waals surface area contributed by atoms with Gasteiger partial charge in [-0.25, -0.2) is 0 Å². The van der Waals surface area contributed by atoms with Gasteiger partial charge in [0.15, 0.2) is 0 Å². The molecule has 3 nitrogen and oxygen atoms in total. The van der Waals surface area contributed by atoms with Crippen LogP contribution in [0, 0.1) is 17.3 Å². The Morgan fingerprint density at radius 3 is 2.20 bits per heavy atom. The third-order valence-corrected chi connectivity index (χ3v) is 2.51. The maximum absolute atomic E-state index is 10.4. The Morgan fingerprint density at radius 1 is 1.60 bits per heavy atom. The average molecular weight is 144 g/mol. The second-order valence-corrected chi connectivity index (χ2v) is 3.43. The summed E-state index contributed by atoms with van der Waals surface area (Å²) in [5.41, 5.74) is -0.194. The van der Waals surface area contributed by atoms with Crippen LogP contribution in [0.5, 0.6) is 0 Å². The highest BCUT2D eigenvalue weighted by Crippen LogP contribution is 2.57. The quantitative estimate of drug-likeness (QED) is 0.587. The Balaban J connectivity index is 2.61. The van der Waals surface area contributed by atoms with E-state index >= 15 is 0 Å². The van der Waals surface area contributed by atoms with Crippen LogP contribution >= 0.6 is 0 Å². The van der Waals surface area contributed by atoms with Gasteiger partial charge in [0.1, 0.15) is 0 Å². The zero-order valence-corrected chi connectivity index (χ0v) is 6.16. The minimum atomic E-state index is -0.788. The van der Waals surface area contributed by atoms with Gasteiger partial charge < -0.3 is 10.2 Å². The van der Waals surface area contributed by atoms with Crippen LogP contribution < -0.4 is 0 Å². The number of carbonyl (C=O) groups is 1. The summed E-state index contributed by atoms with van der Waals surface area (Å²) < 4.78 is 0. The van der Waals surface area contributed by atoms with E-state index in [9.17, 15) is 4.79 Å². The number of aliphatic hydroxyl groups is 1. The average Bonchev–Trinajstić information content (AvgIpc) is 2.33. The maximum atomic E-state index is 10.4. The fraction of sp³-hybridized carbons (Fsp3) is 0.857. The number of carboxylic acids is 1. The van der Waals surface area contributed by atoms with E-state index in [0.717, 1.165) is 0 Å². The molecule has 0 saturated heterocycles. The van der Waals surface area contributed by atoms with Gasteiger partial charge in [-0.3, -0.25) is 4.79 Å². The number of aliphatic carboxylic acids is 1. The van der Waals surface area contributed by atoms with Crippen LogP contribution in [0.15, 0.2) is 0 Å². The second-order valence-electron chi connectivity index (χ2n) is 3.43. The molecule has 0 amide bonds. The van der Waals surface area contributed by atoms with Crippen molar-refractivity contribution in [2.24, 2.45) is 17.3 Å². The molecule has 0 aromatic heterocycles. The molecule has 1 rings (SSSR count). The number of rotatable bonds is 2. The Labute approximate surface area is 59.7 Å². The minimum Gasteiger partial charge on any atom is -0.481 e. The van der Waals surface area contributed by atoms with Gasteiger partial charge in [-0.2, -0.15) is 0 Å². The number of aliphatic hydroxyl groups excluding tert-OH is 1. The van der Waals surface area contributed by atoms with Crippen LogP contribution in [-0.2, 0) is 4.79 Å². The molecule has 0 spiro atoms. The minimum absolute atomic E-state index is 0.00995. The Bertz CT molecular complexity index is 162. The SMILES string of the molecule is CC1(C)[C@H](C(=O)O)[C@@H]1CO. The van der Waals surface area contributed by atoms with E-state index in [4.69, 9.17) is 10.2 Å². The molecule has 0 heterocycles. The second kappa shape index (κ2) is 1.95. The molecule has 0 aromatic rings. The zero-order valence-electron chi connectivity index (χ0n) is 6.16. The van der Waals surface area contributed by atoms with Crippen molar-refractivity contribution >= 4 is 5.97 Å². The van der Waals surface area contributed by atoms with E-state index in [0.29, 0.717) is 0 Å². The molecule has 10 heavy (non-hydrogen) atoms. The van der Waals surface area contributed by atoms with Crippen LogP contribution in [-0.4, -0.2) is 22.8 Å². The Hall–Kier alpha value is -0.570. The van der Waals surface area contributed by atoms with E-state index in [-0.39, 0.29) is 23.9 Å². The molecule has 0 radical (unpaired) electrons. The Kier molecular flexibility index (Phi) is 1.47. The number of hydrogen-bond acceptors (Lipinski definition) is 2. The maximum Gasteiger partial charge on any atom is 0.307 e. The monoisotopic (exact) mass is 144 g/mol. The summed E-state index contributed by atoms with van der Waals surface area (Å²) in [6.45, 7) is 3.73. The van der Waals surface area contributed by atoms with Crippen molar-refractivity contribution in [2.45, 2.75) is 13.8 Å². The normalized spacial score (nSPS) is 35.5. The molecule has 2 atom stereocenters. The fourth-order valence-corrected chi connectivity index (χ4v) is 1.58. The lowest BCUT2D eigenvalue weighted by Crippen LogP contribution is -2.03. The van der Waals surface area contributed by atoms with Crippen LogP contribution in [0.2, 0.25) is 0 Å². The summed E-state index contributed by atoms with van der Waals surface area (Å²) in [5, 5.41) is 17.3. The molecule has 1 aliphatic carbocycles. The van der Waals surface area contributed by atoms with Gasteiger partial charge in [-0.15, -0.1) is 0 Å². The van der Waals surface area contributed by atoms with Crippen molar-refractivity contribution in [2.75, 3.05) is 6.61 Å². The van der Waals surface area contributed by atoms with E-state index in [1.807, 2.05) is 13.8 Å². The highest BCUT2D eigenvalue weighted by atomic mass is 16.4. The summed E-state index contributed by atoms with van der Waals surface area (Å²) in [4.78, 5) is 10.4. The molecule has 3 heteroatoms. The van der Waals surface area contributed by atoms with E-state index < -0.39 is 5.97 Å². The number of hydrogen-bond donors (Lipinski definition) is 2. The predicted molar refractivity (Wildman–Crippen MR) is 35.5 cm³/mol. The van der Waals surface area contributed by atoms with Gasteiger partial charge in [-0.05, 0) is 5.41 Å². The van der Waals surface area contributed by atoms with Crippen molar-refractivity contribution in [1.82, 2.24) is 0 Å². The first-order chi connectivity index (χ1) is 4.51. The topological polar surface area (TPSA) is 57.5 Å². The molecule has 0 aliphatic heterocycles. The van der Waals surface area contributed by atoms with Gasteiger partial charge >= 0.3 is 5.97 Å². The van der Waals surface area contributed by atoms with Crippen LogP contribution in [0.4, 0.5) is 0 Å². The third kappa shape index (κ3) is 0.814. The van der Waals surface area contributed by atoms with Crippen LogP contribution in [0.3, 0.4) is 0 Å². The van der Waals surface area contributed by atoms with Gasteiger partial charge in [0.25, 0.3) is 0 Å². The zero-order chi connectivity index (χ0) is 7.94. The van der Waals surface area contributed by atoms with Crippen molar-refractivity contribution < 1.29 is 15.0 Å². The first-order valence-electron chi connectivity index (χ1n) is 3.35. The van der Waals surface area contributed by atoms with Gasteiger partial charge in [0.2, 0.25) is 0 Å². The molecule has 58 valence electrons. The smallest absolute Gasteiger partial charge is 0.307 e. The van der Waals surface area contributed by atoms with Crippen LogP contribution in [0.25, 0.3) is 0 Å². The Morgan fingerprint density at radius 2 is 2.10 bits per heavy atom.